The summed E-state index contributed by atoms with van der Waals surface area (Å²) in [4.78, 5) is 23.4. The minimum Gasteiger partial charge on any atom is -0.342 e. The third-order valence-electron chi connectivity index (χ3n) is 5.67. The van der Waals surface area contributed by atoms with Gasteiger partial charge in [-0.15, -0.1) is 0 Å². The average Bonchev–Trinajstić information content (AvgIpc) is 3.18. The molecule has 0 radical (unpaired) electrons. The first-order valence-electron chi connectivity index (χ1n) is 9.93. The normalized spacial score (nSPS) is 15.0. The second-order valence-corrected chi connectivity index (χ2v) is 7.53. The summed E-state index contributed by atoms with van der Waals surface area (Å²) in [5.41, 5.74) is 3.53. The van der Waals surface area contributed by atoms with Crippen LogP contribution in [0.3, 0.4) is 0 Å². The van der Waals surface area contributed by atoms with Crippen LogP contribution in [0.4, 0.5) is 0 Å². The molecule has 0 saturated carbocycles. The van der Waals surface area contributed by atoms with Gasteiger partial charge in [0.2, 0.25) is 5.91 Å². The highest BCUT2D eigenvalue weighted by molar-refractivity contribution is 5.79. The average molecular weight is 374 g/mol. The first-order chi connectivity index (χ1) is 13.7. The standard InChI is InChI=1S/C23H26N4O/c1-18-4-2-3-5-21(18)16-22(28)26-13-8-20(9-14-26)23-25-12-15-27(23)17-19-6-10-24-11-7-19/h2-7,10-12,15,20H,8-9,13-14,16-17H2,1H3. The first-order valence-corrected chi connectivity index (χ1v) is 9.93. The van der Waals surface area contributed by atoms with Gasteiger partial charge in [-0.1, -0.05) is 24.3 Å². The molecule has 0 N–H and O–H groups in total. The molecule has 1 fully saturated rings. The highest BCUT2D eigenvalue weighted by Gasteiger charge is 2.26. The molecule has 2 aromatic heterocycles. The van der Waals surface area contributed by atoms with Gasteiger partial charge in [0, 0.05) is 50.3 Å². The Kier molecular flexibility index (Phi) is 5.51. The molecule has 0 aliphatic carbocycles. The van der Waals surface area contributed by atoms with Gasteiger partial charge in [-0.25, -0.2) is 4.98 Å². The molecule has 1 aliphatic rings. The van der Waals surface area contributed by atoms with E-state index in [0.717, 1.165) is 43.9 Å². The second kappa shape index (κ2) is 8.38. The molecule has 1 aromatic carbocycles. The molecule has 0 unspecified atom stereocenters. The predicted octanol–water partition coefficient (Wildman–Crippen LogP) is 3.58. The maximum atomic E-state index is 12.7. The lowest BCUT2D eigenvalue weighted by Crippen LogP contribution is -2.39. The Morgan fingerprint density at radius 1 is 1.07 bits per heavy atom. The SMILES string of the molecule is Cc1ccccc1CC(=O)N1CCC(c2nccn2Cc2ccncc2)CC1. The number of hydrogen-bond acceptors (Lipinski definition) is 3. The number of nitrogens with zero attached hydrogens (tertiary/aromatic N) is 4. The van der Waals surface area contributed by atoms with Crippen molar-refractivity contribution in [3.05, 3.63) is 83.7 Å². The van der Waals surface area contributed by atoms with Crippen LogP contribution in [0.5, 0.6) is 0 Å². The molecule has 0 spiro atoms. The number of hydrogen-bond donors (Lipinski definition) is 0. The van der Waals surface area contributed by atoms with Crippen LogP contribution in [0, 0.1) is 6.92 Å². The number of pyridine rings is 1. The van der Waals surface area contributed by atoms with E-state index in [-0.39, 0.29) is 5.91 Å². The van der Waals surface area contributed by atoms with Crippen molar-refractivity contribution in [2.45, 2.75) is 38.6 Å². The Morgan fingerprint density at radius 3 is 2.57 bits per heavy atom. The van der Waals surface area contributed by atoms with Gasteiger partial charge < -0.3 is 9.47 Å². The Balaban J connectivity index is 1.36. The number of aromatic nitrogens is 3. The van der Waals surface area contributed by atoms with Crippen LogP contribution in [-0.4, -0.2) is 38.4 Å². The van der Waals surface area contributed by atoms with Crippen molar-refractivity contribution >= 4 is 5.91 Å². The summed E-state index contributed by atoms with van der Waals surface area (Å²) < 4.78 is 2.23. The highest BCUT2D eigenvalue weighted by atomic mass is 16.2. The van der Waals surface area contributed by atoms with Crippen LogP contribution in [-0.2, 0) is 17.8 Å². The van der Waals surface area contributed by atoms with Crippen molar-refractivity contribution in [1.29, 1.82) is 0 Å². The van der Waals surface area contributed by atoms with Crippen molar-refractivity contribution < 1.29 is 4.79 Å². The Morgan fingerprint density at radius 2 is 1.82 bits per heavy atom. The third-order valence-corrected chi connectivity index (χ3v) is 5.67. The van der Waals surface area contributed by atoms with E-state index in [1.807, 2.05) is 54.0 Å². The van der Waals surface area contributed by atoms with E-state index in [1.54, 1.807) is 0 Å². The molecule has 3 aromatic rings. The van der Waals surface area contributed by atoms with Crippen molar-refractivity contribution in [2.75, 3.05) is 13.1 Å². The van der Waals surface area contributed by atoms with Crippen LogP contribution in [0.1, 0.15) is 41.3 Å². The number of carbonyl (C=O) groups excluding carboxylic acids is 1. The summed E-state index contributed by atoms with van der Waals surface area (Å²) in [7, 11) is 0. The van der Waals surface area contributed by atoms with Crippen LogP contribution >= 0.6 is 0 Å². The van der Waals surface area contributed by atoms with Gasteiger partial charge in [0.15, 0.2) is 0 Å². The molecular weight excluding hydrogens is 348 g/mol. The molecule has 144 valence electrons. The highest BCUT2D eigenvalue weighted by Crippen LogP contribution is 2.27. The molecule has 0 atom stereocenters. The zero-order chi connectivity index (χ0) is 19.3. The maximum absolute atomic E-state index is 12.7. The van der Waals surface area contributed by atoms with Gasteiger partial charge in [-0.3, -0.25) is 9.78 Å². The largest absolute Gasteiger partial charge is 0.342 e. The summed E-state index contributed by atoms with van der Waals surface area (Å²) in [6.07, 6.45) is 10.0. The number of likely N-dealkylation sites (tertiary alicyclic amines) is 1. The van der Waals surface area contributed by atoms with E-state index in [1.165, 1.54) is 11.1 Å². The number of amides is 1. The van der Waals surface area contributed by atoms with Gasteiger partial charge in [-0.2, -0.15) is 0 Å². The number of carbonyl (C=O) groups is 1. The van der Waals surface area contributed by atoms with E-state index >= 15 is 0 Å². The molecule has 1 saturated heterocycles. The fourth-order valence-corrected chi connectivity index (χ4v) is 3.97. The van der Waals surface area contributed by atoms with Gasteiger partial charge >= 0.3 is 0 Å². The Labute approximate surface area is 166 Å². The second-order valence-electron chi connectivity index (χ2n) is 7.53. The monoisotopic (exact) mass is 374 g/mol. The van der Waals surface area contributed by atoms with E-state index < -0.39 is 0 Å². The molecule has 0 bridgehead atoms. The lowest BCUT2D eigenvalue weighted by molar-refractivity contribution is -0.131. The number of rotatable bonds is 5. The van der Waals surface area contributed by atoms with Gasteiger partial charge in [-0.05, 0) is 48.6 Å². The Bertz CT molecular complexity index is 927. The van der Waals surface area contributed by atoms with Crippen LogP contribution < -0.4 is 0 Å². The number of benzene rings is 1. The summed E-state index contributed by atoms with van der Waals surface area (Å²) in [6.45, 7) is 4.48. The Hall–Kier alpha value is -2.95. The number of aryl methyl sites for hydroxylation is 1. The number of piperidine rings is 1. The zero-order valence-corrected chi connectivity index (χ0v) is 16.3. The van der Waals surface area contributed by atoms with Crippen molar-refractivity contribution in [1.82, 2.24) is 19.4 Å². The fourth-order valence-electron chi connectivity index (χ4n) is 3.97. The molecule has 4 rings (SSSR count). The quantitative estimate of drug-likeness (QED) is 0.686. The molecule has 28 heavy (non-hydrogen) atoms. The van der Waals surface area contributed by atoms with Crippen LogP contribution in [0.25, 0.3) is 0 Å². The van der Waals surface area contributed by atoms with Gasteiger partial charge in [0.1, 0.15) is 5.82 Å². The smallest absolute Gasteiger partial charge is 0.226 e. The van der Waals surface area contributed by atoms with E-state index in [0.29, 0.717) is 12.3 Å². The van der Waals surface area contributed by atoms with Crippen molar-refractivity contribution in [2.24, 2.45) is 0 Å². The predicted molar refractivity (Wildman–Crippen MR) is 109 cm³/mol. The van der Waals surface area contributed by atoms with Crippen molar-refractivity contribution in [3.63, 3.8) is 0 Å². The molecule has 3 heterocycles. The summed E-state index contributed by atoms with van der Waals surface area (Å²) in [5, 5.41) is 0. The zero-order valence-electron chi connectivity index (χ0n) is 16.3. The van der Waals surface area contributed by atoms with E-state index in [9.17, 15) is 4.79 Å². The first kappa shape index (κ1) is 18.4. The van der Waals surface area contributed by atoms with Crippen molar-refractivity contribution in [3.8, 4) is 0 Å². The molecule has 1 aliphatic heterocycles. The molecule has 5 heteroatoms. The van der Waals surface area contributed by atoms with Crippen LogP contribution in [0.15, 0.2) is 61.2 Å². The lowest BCUT2D eigenvalue weighted by atomic mass is 9.95. The topological polar surface area (TPSA) is 51.0 Å². The molecule has 5 nitrogen and oxygen atoms in total. The van der Waals surface area contributed by atoms with E-state index in [4.69, 9.17) is 0 Å². The number of imidazole rings is 1. The lowest BCUT2D eigenvalue weighted by Gasteiger charge is -2.32. The van der Waals surface area contributed by atoms with Gasteiger partial charge in [0.25, 0.3) is 0 Å². The maximum Gasteiger partial charge on any atom is 0.226 e. The summed E-state index contributed by atoms with van der Waals surface area (Å²) in [5.74, 6) is 1.76. The molecular formula is C23H26N4O. The minimum absolute atomic E-state index is 0.230. The third kappa shape index (κ3) is 4.14. The summed E-state index contributed by atoms with van der Waals surface area (Å²) in [6, 6.07) is 12.2. The molecule has 1 amide bonds. The summed E-state index contributed by atoms with van der Waals surface area (Å²) >= 11 is 0. The van der Waals surface area contributed by atoms with Crippen LogP contribution in [0.2, 0.25) is 0 Å². The fraction of sp³-hybridized carbons (Fsp3) is 0.348. The van der Waals surface area contributed by atoms with E-state index in [2.05, 4.69) is 33.6 Å². The van der Waals surface area contributed by atoms with Gasteiger partial charge in [0.05, 0.1) is 6.42 Å². The minimum atomic E-state index is 0.230.